The van der Waals surface area contributed by atoms with Crippen LogP contribution in [-0.4, -0.2) is 10.7 Å². The summed E-state index contributed by atoms with van der Waals surface area (Å²) in [4.78, 5) is 4.02. The molecule has 2 rings (SSSR count). The predicted octanol–water partition coefficient (Wildman–Crippen LogP) is 3.61. The highest BCUT2D eigenvalue weighted by Gasteiger charge is 1.97. The van der Waals surface area contributed by atoms with Gasteiger partial charge in [-0.25, -0.2) is 0 Å². The van der Waals surface area contributed by atoms with E-state index in [0.717, 1.165) is 18.6 Å². The number of pyridine rings is 1. The van der Waals surface area contributed by atoms with Gasteiger partial charge in [-0.2, -0.15) is 12.6 Å². The quantitative estimate of drug-likeness (QED) is 0.790. The Labute approximate surface area is 102 Å². The third kappa shape index (κ3) is 2.86. The molecule has 16 heavy (non-hydrogen) atoms. The maximum atomic E-state index is 4.22. The van der Waals surface area contributed by atoms with Gasteiger partial charge in [0.15, 0.2) is 0 Å². The van der Waals surface area contributed by atoms with Crippen molar-refractivity contribution in [2.45, 2.75) is 12.8 Å². The summed E-state index contributed by atoms with van der Waals surface area (Å²) in [7, 11) is 0. The van der Waals surface area contributed by atoms with Gasteiger partial charge in [0.05, 0.1) is 0 Å². The van der Waals surface area contributed by atoms with Crippen LogP contribution in [0, 0.1) is 0 Å². The molecule has 2 aromatic rings. The minimum absolute atomic E-state index is 0.951. The van der Waals surface area contributed by atoms with Gasteiger partial charge in [0, 0.05) is 12.4 Å². The molecule has 0 aliphatic heterocycles. The predicted molar refractivity (Wildman–Crippen MR) is 71.8 cm³/mol. The molecule has 0 aliphatic carbocycles. The van der Waals surface area contributed by atoms with E-state index in [9.17, 15) is 0 Å². The Kier molecular flexibility index (Phi) is 4.00. The van der Waals surface area contributed by atoms with Crippen molar-refractivity contribution in [3.8, 4) is 11.1 Å². The number of thiol groups is 1. The van der Waals surface area contributed by atoms with Gasteiger partial charge in [-0.05, 0) is 47.4 Å². The van der Waals surface area contributed by atoms with E-state index in [1.165, 1.54) is 16.7 Å². The van der Waals surface area contributed by atoms with Gasteiger partial charge in [0.2, 0.25) is 0 Å². The number of rotatable bonds is 4. The summed E-state index contributed by atoms with van der Waals surface area (Å²) in [5.74, 6) is 0.951. The monoisotopic (exact) mass is 229 g/mol. The van der Waals surface area contributed by atoms with Gasteiger partial charge in [-0.1, -0.05) is 24.3 Å². The second kappa shape index (κ2) is 5.71. The first kappa shape index (κ1) is 11.2. The van der Waals surface area contributed by atoms with Crippen molar-refractivity contribution in [2.24, 2.45) is 0 Å². The average Bonchev–Trinajstić information content (AvgIpc) is 2.38. The summed E-state index contributed by atoms with van der Waals surface area (Å²) >= 11 is 4.22. The zero-order chi connectivity index (χ0) is 11.2. The van der Waals surface area contributed by atoms with Crippen LogP contribution < -0.4 is 0 Å². The van der Waals surface area contributed by atoms with Crippen LogP contribution in [-0.2, 0) is 6.42 Å². The van der Waals surface area contributed by atoms with Crippen LogP contribution in [0.3, 0.4) is 0 Å². The normalized spacial score (nSPS) is 10.3. The molecule has 0 saturated carbocycles. The van der Waals surface area contributed by atoms with Crippen molar-refractivity contribution in [1.29, 1.82) is 0 Å². The second-order valence-electron chi connectivity index (χ2n) is 3.76. The topological polar surface area (TPSA) is 12.9 Å². The van der Waals surface area contributed by atoms with Crippen molar-refractivity contribution < 1.29 is 0 Å². The molecule has 0 saturated heterocycles. The zero-order valence-corrected chi connectivity index (χ0v) is 10.0. The van der Waals surface area contributed by atoms with Crippen LogP contribution in [0.25, 0.3) is 11.1 Å². The summed E-state index contributed by atoms with van der Waals surface area (Å²) in [5.41, 5.74) is 3.85. The van der Waals surface area contributed by atoms with Crippen molar-refractivity contribution in [3.63, 3.8) is 0 Å². The zero-order valence-electron chi connectivity index (χ0n) is 9.13. The van der Waals surface area contributed by atoms with Crippen LogP contribution in [0.4, 0.5) is 0 Å². The van der Waals surface area contributed by atoms with Gasteiger partial charge in [0.25, 0.3) is 0 Å². The fourth-order valence-electron chi connectivity index (χ4n) is 1.69. The largest absolute Gasteiger partial charge is 0.265 e. The van der Waals surface area contributed by atoms with Crippen LogP contribution in [0.15, 0.2) is 48.8 Å². The maximum absolute atomic E-state index is 4.22. The molecular formula is C14H15NS. The van der Waals surface area contributed by atoms with Crippen molar-refractivity contribution in [3.05, 3.63) is 54.4 Å². The fourth-order valence-corrected chi connectivity index (χ4v) is 1.85. The molecule has 1 heterocycles. The number of hydrogen-bond donors (Lipinski definition) is 1. The smallest absolute Gasteiger partial charge is 0.0273 e. The van der Waals surface area contributed by atoms with Gasteiger partial charge >= 0.3 is 0 Å². The van der Waals surface area contributed by atoms with Gasteiger partial charge in [0.1, 0.15) is 0 Å². The lowest BCUT2D eigenvalue weighted by molar-refractivity contribution is 0.936. The van der Waals surface area contributed by atoms with Gasteiger partial charge in [-0.15, -0.1) is 0 Å². The molecule has 0 aliphatic rings. The fraction of sp³-hybridized carbons (Fsp3) is 0.214. The van der Waals surface area contributed by atoms with E-state index in [-0.39, 0.29) is 0 Å². The molecule has 2 heteroatoms. The highest BCUT2D eigenvalue weighted by molar-refractivity contribution is 7.80. The molecule has 0 spiro atoms. The molecular weight excluding hydrogens is 214 g/mol. The maximum Gasteiger partial charge on any atom is 0.0273 e. The Hall–Kier alpha value is -1.28. The average molecular weight is 229 g/mol. The first-order chi connectivity index (χ1) is 7.90. The third-order valence-corrected chi connectivity index (χ3v) is 2.91. The third-order valence-electron chi connectivity index (χ3n) is 2.59. The SMILES string of the molecule is SCCCc1ccc(-c2ccncc2)cc1. The van der Waals surface area contributed by atoms with Gasteiger partial charge in [-0.3, -0.25) is 4.98 Å². The molecule has 82 valence electrons. The Balaban J connectivity index is 2.13. The number of hydrogen-bond acceptors (Lipinski definition) is 2. The molecule has 0 amide bonds. The number of benzene rings is 1. The highest BCUT2D eigenvalue weighted by Crippen LogP contribution is 2.19. The Morgan fingerprint density at radius 3 is 2.12 bits per heavy atom. The molecule has 0 N–H and O–H groups in total. The van der Waals surface area contributed by atoms with Crippen molar-refractivity contribution in [2.75, 3.05) is 5.75 Å². The molecule has 0 unspecified atom stereocenters. The summed E-state index contributed by atoms with van der Waals surface area (Å²) in [5, 5.41) is 0. The molecule has 0 atom stereocenters. The molecule has 0 fully saturated rings. The van der Waals surface area contributed by atoms with Crippen molar-refractivity contribution >= 4 is 12.6 Å². The van der Waals surface area contributed by atoms with Crippen LogP contribution in [0.1, 0.15) is 12.0 Å². The van der Waals surface area contributed by atoms with E-state index in [2.05, 4.69) is 41.9 Å². The Morgan fingerprint density at radius 2 is 1.50 bits per heavy atom. The van der Waals surface area contributed by atoms with Crippen molar-refractivity contribution in [1.82, 2.24) is 4.98 Å². The van der Waals surface area contributed by atoms with E-state index < -0.39 is 0 Å². The van der Waals surface area contributed by atoms with E-state index in [4.69, 9.17) is 0 Å². The first-order valence-electron chi connectivity index (χ1n) is 5.50. The minimum atomic E-state index is 0.951. The number of aryl methyl sites for hydroxylation is 1. The Bertz CT molecular complexity index is 422. The molecule has 0 bridgehead atoms. The summed E-state index contributed by atoms with van der Waals surface area (Å²) in [6, 6.07) is 12.8. The summed E-state index contributed by atoms with van der Waals surface area (Å²) < 4.78 is 0. The molecule has 1 nitrogen and oxygen atoms in total. The van der Waals surface area contributed by atoms with Crippen LogP contribution >= 0.6 is 12.6 Å². The van der Waals surface area contributed by atoms with E-state index in [0.29, 0.717) is 0 Å². The number of nitrogens with zero attached hydrogens (tertiary/aromatic N) is 1. The molecule has 1 aromatic heterocycles. The lowest BCUT2D eigenvalue weighted by Crippen LogP contribution is -1.86. The van der Waals surface area contributed by atoms with E-state index >= 15 is 0 Å². The van der Waals surface area contributed by atoms with E-state index in [1.54, 1.807) is 0 Å². The van der Waals surface area contributed by atoms with Crippen LogP contribution in [0.5, 0.6) is 0 Å². The Morgan fingerprint density at radius 1 is 0.875 bits per heavy atom. The second-order valence-corrected chi connectivity index (χ2v) is 4.21. The lowest BCUT2D eigenvalue weighted by Gasteiger charge is -2.03. The summed E-state index contributed by atoms with van der Waals surface area (Å²) in [6.45, 7) is 0. The number of aromatic nitrogens is 1. The minimum Gasteiger partial charge on any atom is -0.265 e. The van der Waals surface area contributed by atoms with E-state index in [1.807, 2.05) is 24.5 Å². The van der Waals surface area contributed by atoms with Crippen LogP contribution in [0.2, 0.25) is 0 Å². The molecule has 0 radical (unpaired) electrons. The standard InChI is InChI=1S/C14H15NS/c16-11-1-2-12-3-5-13(6-4-12)14-7-9-15-10-8-14/h3-10,16H,1-2,11H2. The molecule has 1 aromatic carbocycles. The lowest BCUT2D eigenvalue weighted by atomic mass is 10.0. The van der Waals surface area contributed by atoms with Gasteiger partial charge < -0.3 is 0 Å². The summed E-state index contributed by atoms with van der Waals surface area (Å²) in [6.07, 6.45) is 5.89. The first-order valence-corrected chi connectivity index (χ1v) is 6.13. The highest BCUT2D eigenvalue weighted by atomic mass is 32.1.